The number of hydrogen-bond acceptors (Lipinski definition) is 3. The van der Waals surface area contributed by atoms with Crippen LogP contribution in [0.4, 0.5) is 0 Å². The van der Waals surface area contributed by atoms with E-state index in [-0.39, 0.29) is 12.7 Å². The third-order valence-electron chi connectivity index (χ3n) is 4.38. The van der Waals surface area contributed by atoms with Crippen LogP contribution in [0.5, 0.6) is 0 Å². The van der Waals surface area contributed by atoms with Gasteiger partial charge in [0.1, 0.15) is 0 Å². The van der Waals surface area contributed by atoms with Gasteiger partial charge in [0.25, 0.3) is 0 Å². The summed E-state index contributed by atoms with van der Waals surface area (Å²) in [5.41, 5.74) is 2.71. The summed E-state index contributed by atoms with van der Waals surface area (Å²) in [7, 11) is 0. The molecule has 2 atom stereocenters. The molecule has 2 aromatic rings. The maximum absolute atomic E-state index is 9.74. The third kappa shape index (κ3) is 3.18. The zero-order chi connectivity index (χ0) is 16.1. The Labute approximate surface area is 137 Å². The predicted octanol–water partition coefficient (Wildman–Crippen LogP) is 3.99. The summed E-state index contributed by atoms with van der Waals surface area (Å²) < 4.78 is 12.7. The van der Waals surface area contributed by atoms with E-state index >= 15 is 0 Å². The van der Waals surface area contributed by atoms with Crippen LogP contribution in [-0.4, -0.2) is 17.8 Å². The van der Waals surface area contributed by atoms with Crippen molar-refractivity contribution in [3.63, 3.8) is 0 Å². The minimum Gasteiger partial charge on any atom is -0.392 e. The van der Waals surface area contributed by atoms with E-state index in [1.807, 2.05) is 54.6 Å². The molecule has 1 fully saturated rings. The lowest BCUT2D eigenvalue weighted by molar-refractivity contribution is -0.144. The van der Waals surface area contributed by atoms with Crippen LogP contribution in [-0.2, 0) is 21.9 Å². The van der Waals surface area contributed by atoms with Crippen LogP contribution in [0.15, 0.2) is 54.6 Å². The Morgan fingerprint density at radius 3 is 2.57 bits per heavy atom. The van der Waals surface area contributed by atoms with E-state index in [0.29, 0.717) is 6.61 Å². The van der Waals surface area contributed by atoms with Crippen LogP contribution in [0.2, 0.25) is 0 Å². The van der Waals surface area contributed by atoms with E-state index in [1.165, 1.54) is 0 Å². The Balaban J connectivity index is 2.02. The highest BCUT2D eigenvalue weighted by Gasteiger charge is 2.45. The average Bonchev–Trinajstić information content (AvgIpc) is 3.06. The monoisotopic (exact) mass is 312 g/mol. The molecule has 1 aliphatic heterocycles. The molecule has 0 radical (unpaired) electrons. The summed E-state index contributed by atoms with van der Waals surface area (Å²) >= 11 is 0. The molecule has 3 nitrogen and oxygen atoms in total. The van der Waals surface area contributed by atoms with Gasteiger partial charge in [0, 0.05) is 11.1 Å². The van der Waals surface area contributed by atoms with Crippen molar-refractivity contribution >= 4 is 0 Å². The Morgan fingerprint density at radius 2 is 1.83 bits per heavy atom. The highest BCUT2D eigenvalue weighted by Crippen LogP contribution is 2.42. The van der Waals surface area contributed by atoms with Gasteiger partial charge in [0.15, 0.2) is 0 Å². The van der Waals surface area contributed by atoms with Crippen molar-refractivity contribution in [3.8, 4) is 0 Å². The van der Waals surface area contributed by atoms with Crippen LogP contribution in [0.1, 0.15) is 42.9 Å². The van der Waals surface area contributed by atoms with Crippen molar-refractivity contribution in [2.45, 2.75) is 44.7 Å². The summed E-state index contributed by atoms with van der Waals surface area (Å²) in [6.07, 6.45) is 3.35. The van der Waals surface area contributed by atoms with Gasteiger partial charge in [-0.3, -0.25) is 0 Å². The smallest absolute Gasteiger partial charge is 0.223 e. The maximum Gasteiger partial charge on any atom is 0.223 e. The normalized spacial score (nSPS) is 24.0. The number of benzene rings is 2. The first-order chi connectivity index (χ1) is 11.3. The molecule has 122 valence electrons. The molecule has 0 aromatic heterocycles. The molecule has 3 heteroatoms. The lowest BCUT2D eigenvalue weighted by Gasteiger charge is -2.31. The molecule has 0 amide bonds. The lowest BCUT2D eigenvalue weighted by atomic mass is 9.93. The van der Waals surface area contributed by atoms with E-state index in [2.05, 4.69) is 6.92 Å². The molecule has 3 rings (SSSR count). The molecule has 0 aliphatic carbocycles. The van der Waals surface area contributed by atoms with E-state index in [1.54, 1.807) is 0 Å². The molecule has 0 saturated carbocycles. The molecule has 1 heterocycles. The van der Waals surface area contributed by atoms with E-state index in [0.717, 1.165) is 36.0 Å². The van der Waals surface area contributed by atoms with Gasteiger partial charge in [-0.1, -0.05) is 74.4 Å². The van der Waals surface area contributed by atoms with Gasteiger partial charge in [-0.05, 0) is 12.0 Å². The molecule has 1 N–H and O–H groups in total. The Bertz CT molecular complexity index is 626. The van der Waals surface area contributed by atoms with Crippen LogP contribution in [0.25, 0.3) is 0 Å². The predicted molar refractivity (Wildman–Crippen MR) is 89.9 cm³/mol. The van der Waals surface area contributed by atoms with Crippen LogP contribution in [0.3, 0.4) is 0 Å². The van der Waals surface area contributed by atoms with Crippen molar-refractivity contribution in [3.05, 3.63) is 71.3 Å². The highest BCUT2D eigenvalue weighted by molar-refractivity contribution is 5.39. The summed E-state index contributed by atoms with van der Waals surface area (Å²) in [5.74, 6) is -0.918. The first-order valence-corrected chi connectivity index (χ1v) is 8.36. The fraction of sp³-hybridized carbons (Fsp3) is 0.400. The van der Waals surface area contributed by atoms with Crippen LogP contribution in [0, 0.1) is 0 Å². The minimum atomic E-state index is -0.918. The van der Waals surface area contributed by atoms with Crippen molar-refractivity contribution in [1.29, 1.82) is 0 Å². The minimum absolute atomic E-state index is 0.0307. The topological polar surface area (TPSA) is 38.7 Å². The zero-order valence-electron chi connectivity index (χ0n) is 13.6. The fourth-order valence-corrected chi connectivity index (χ4v) is 3.17. The second-order valence-corrected chi connectivity index (χ2v) is 5.99. The van der Waals surface area contributed by atoms with E-state index < -0.39 is 5.79 Å². The number of ether oxygens (including phenoxy) is 2. The second kappa shape index (κ2) is 7.26. The van der Waals surface area contributed by atoms with Gasteiger partial charge in [-0.2, -0.15) is 0 Å². The molecule has 1 saturated heterocycles. The highest BCUT2D eigenvalue weighted by atomic mass is 16.7. The van der Waals surface area contributed by atoms with Crippen LogP contribution >= 0.6 is 0 Å². The standard InChI is InChI=1S/C20H24O3/c1-2-3-12-18-15-22-20(23-18,17-10-5-4-6-11-17)19-13-8-7-9-16(19)14-21/h4-11,13,18,21H,2-3,12,14-15H2,1H3. The SMILES string of the molecule is CCCCC1COC(c2ccccc2)(c2ccccc2CO)O1. The number of unbranched alkanes of at least 4 members (excludes halogenated alkanes) is 1. The number of rotatable bonds is 6. The first kappa shape index (κ1) is 16.2. The van der Waals surface area contributed by atoms with Gasteiger partial charge in [-0.15, -0.1) is 0 Å². The fourth-order valence-electron chi connectivity index (χ4n) is 3.17. The third-order valence-corrected chi connectivity index (χ3v) is 4.38. The summed E-state index contributed by atoms with van der Waals surface area (Å²) in [4.78, 5) is 0. The molecule has 23 heavy (non-hydrogen) atoms. The van der Waals surface area contributed by atoms with E-state index in [4.69, 9.17) is 9.47 Å². The summed E-state index contributed by atoms with van der Waals surface area (Å²) in [6, 6.07) is 17.8. The van der Waals surface area contributed by atoms with Gasteiger partial charge in [0.2, 0.25) is 5.79 Å². The van der Waals surface area contributed by atoms with Gasteiger partial charge >= 0.3 is 0 Å². The maximum atomic E-state index is 9.74. The number of aliphatic hydroxyl groups excluding tert-OH is 1. The van der Waals surface area contributed by atoms with Gasteiger partial charge in [0.05, 0.1) is 19.3 Å². The largest absolute Gasteiger partial charge is 0.392 e. The average molecular weight is 312 g/mol. The molecular weight excluding hydrogens is 288 g/mol. The summed E-state index contributed by atoms with van der Waals surface area (Å²) in [6.45, 7) is 2.73. The zero-order valence-corrected chi connectivity index (χ0v) is 13.6. The van der Waals surface area contributed by atoms with Gasteiger partial charge < -0.3 is 14.6 Å². The Kier molecular flexibility index (Phi) is 5.11. The second-order valence-electron chi connectivity index (χ2n) is 5.99. The Hall–Kier alpha value is -1.68. The van der Waals surface area contributed by atoms with Crippen LogP contribution < -0.4 is 0 Å². The quantitative estimate of drug-likeness (QED) is 0.876. The van der Waals surface area contributed by atoms with Gasteiger partial charge in [-0.25, -0.2) is 0 Å². The van der Waals surface area contributed by atoms with Crippen molar-refractivity contribution in [1.82, 2.24) is 0 Å². The van der Waals surface area contributed by atoms with E-state index in [9.17, 15) is 5.11 Å². The molecule has 2 unspecified atom stereocenters. The summed E-state index contributed by atoms with van der Waals surface area (Å²) in [5, 5.41) is 9.74. The number of hydrogen-bond donors (Lipinski definition) is 1. The number of aliphatic hydroxyl groups is 1. The van der Waals surface area contributed by atoms with Crippen molar-refractivity contribution in [2.75, 3.05) is 6.61 Å². The van der Waals surface area contributed by atoms with Crippen molar-refractivity contribution < 1.29 is 14.6 Å². The molecule has 0 spiro atoms. The molecule has 1 aliphatic rings. The Morgan fingerprint density at radius 1 is 1.09 bits per heavy atom. The first-order valence-electron chi connectivity index (χ1n) is 8.36. The van der Waals surface area contributed by atoms with Crippen molar-refractivity contribution in [2.24, 2.45) is 0 Å². The molecule has 0 bridgehead atoms. The molecular formula is C20H24O3. The lowest BCUT2D eigenvalue weighted by Crippen LogP contribution is -2.31. The molecule has 2 aromatic carbocycles.